The van der Waals surface area contributed by atoms with Crippen molar-refractivity contribution in [1.29, 1.82) is 0 Å². The van der Waals surface area contributed by atoms with E-state index in [-0.39, 0.29) is 6.03 Å². The Labute approximate surface area is 172 Å². The van der Waals surface area contributed by atoms with Gasteiger partial charge in [0.15, 0.2) is 0 Å². The van der Waals surface area contributed by atoms with Crippen LogP contribution in [0.25, 0.3) is 21.5 Å². The van der Waals surface area contributed by atoms with Crippen molar-refractivity contribution in [3.63, 3.8) is 0 Å². The third-order valence-corrected chi connectivity index (χ3v) is 6.32. The summed E-state index contributed by atoms with van der Waals surface area (Å²) in [5, 5.41) is 9.20. The van der Waals surface area contributed by atoms with Gasteiger partial charge < -0.3 is 15.2 Å². The van der Waals surface area contributed by atoms with Crippen LogP contribution in [0.3, 0.4) is 0 Å². The average molecular weight is 408 g/mol. The van der Waals surface area contributed by atoms with E-state index in [4.69, 9.17) is 0 Å². The number of aryl methyl sites for hydroxylation is 1. The van der Waals surface area contributed by atoms with Crippen molar-refractivity contribution in [3.8, 4) is 10.6 Å². The zero-order chi connectivity index (χ0) is 19.5. The molecule has 4 rings (SSSR count). The summed E-state index contributed by atoms with van der Waals surface area (Å²) in [7, 11) is 2.08. The highest BCUT2D eigenvalue weighted by Crippen LogP contribution is 2.35. The molecule has 0 saturated carbocycles. The Morgan fingerprint density at radius 1 is 1.11 bits per heavy atom. The van der Waals surface area contributed by atoms with Gasteiger partial charge in [0.1, 0.15) is 0 Å². The molecule has 28 heavy (non-hydrogen) atoms. The molecule has 142 valence electrons. The van der Waals surface area contributed by atoms with Crippen molar-refractivity contribution in [1.82, 2.24) is 9.88 Å². The molecule has 0 bridgehead atoms. The number of carbonyl (C=O) groups excluding carboxylic acids is 1. The molecule has 0 spiro atoms. The van der Waals surface area contributed by atoms with E-state index in [1.54, 1.807) is 23.1 Å². The number of hydrogen-bond donors (Lipinski definition) is 2. The summed E-state index contributed by atoms with van der Waals surface area (Å²) in [6.07, 6.45) is 2.02. The first kappa shape index (κ1) is 18.7. The number of rotatable bonds is 5. The number of thioether (sulfide) groups is 1. The molecule has 0 unspecified atom stereocenters. The van der Waals surface area contributed by atoms with E-state index in [1.165, 1.54) is 4.88 Å². The lowest BCUT2D eigenvalue weighted by Crippen LogP contribution is -2.28. The fraction of sp³-hybridized carbons (Fsp3) is 0.136. The molecule has 4 aromatic rings. The molecule has 0 atom stereocenters. The fourth-order valence-corrected chi connectivity index (χ4v) is 4.71. The van der Waals surface area contributed by atoms with Crippen LogP contribution in [0.2, 0.25) is 0 Å². The van der Waals surface area contributed by atoms with Crippen LogP contribution in [-0.4, -0.2) is 16.9 Å². The number of anilines is 1. The molecule has 0 saturated heterocycles. The first-order valence-corrected chi connectivity index (χ1v) is 11.1. The van der Waals surface area contributed by atoms with Gasteiger partial charge in [0.05, 0.1) is 10.6 Å². The number of nitrogens with one attached hydrogen (secondary N) is 2. The average Bonchev–Trinajstić information content (AvgIpc) is 3.33. The topological polar surface area (TPSA) is 46.1 Å². The first-order chi connectivity index (χ1) is 13.7. The normalized spacial score (nSPS) is 10.9. The van der Waals surface area contributed by atoms with E-state index >= 15 is 0 Å². The van der Waals surface area contributed by atoms with Crippen LogP contribution in [0.5, 0.6) is 0 Å². The van der Waals surface area contributed by atoms with Gasteiger partial charge in [0.2, 0.25) is 0 Å². The minimum absolute atomic E-state index is 0.205. The van der Waals surface area contributed by atoms with Gasteiger partial charge in [-0.05, 0) is 42.0 Å². The highest BCUT2D eigenvalue weighted by Gasteiger charge is 2.17. The van der Waals surface area contributed by atoms with Gasteiger partial charge in [-0.1, -0.05) is 30.3 Å². The van der Waals surface area contributed by atoms with Gasteiger partial charge >= 0.3 is 6.03 Å². The molecule has 0 fully saturated rings. The van der Waals surface area contributed by atoms with Crippen LogP contribution in [0.15, 0.2) is 70.9 Å². The molecule has 0 radical (unpaired) electrons. The van der Waals surface area contributed by atoms with Crippen LogP contribution in [0.1, 0.15) is 5.56 Å². The highest BCUT2D eigenvalue weighted by atomic mass is 32.2. The Kier molecular flexibility index (Phi) is 5.41. The number of para-hydroxylation sites is 1. The number of benzene rings is 2. The Hall–Kier alpha value is -2.70. The maximum absolute atomic E-state index is 12.5. The van der Waals surface area contributed by atoms with Crippen molar-refractivity contribution < 1.29 is 4.79 Å². The second-order valence-electron chi connectivity index (χ2n) is 6.42. The molecule has 2 N–H and O–H groups in total. The molecule has 2 aromatic carbocycles. The number of amides is 2. The molecule has 0 aliphatic carbocycles. The third-order valence-electron chi connectivity index (χ3n) is 4.72. The predicted octanol–water partition coefficient (Wildman–Crippen LogP) is 5.95. The summed E-state index contributed by atoms with van der Waals surface area (Å²) in [4.78, 5) is 14.8. The second-order valence-corrected chi connectivity index (χ2v) is 8.25. The number of hydrogen-bond acceptors (Lipinski definition) is 3. The number of nitrogens with zero attached hydrogens (tertiary/aromatic N) is 1. The van der Waals surface area contributed by atoms with Gasteiger partial charge in [-0.2, -0.15) is 0 Å². The lowest BCUT2D eigenvalue weighted by atomic mass is 10.1. The molecule has 2 heterocycles. The van der Waals surface area contributed by atoms with Crippen LogP contribution in [0, 0.1) is 0 Å². The molecule has 2 amide bonds. The van der Waals surface area contributed by atoms with Gasteiger partial charge in [0, 0.05) is 40.6 Å². The smallest absolute Gasteiger partial charge is 0.319 e. The first-order valence-electron chi connectivity index (χ1n) is 8.96. The van der Waals surface area contributed by atoms with Crippen LogP contribution >= 0.6 is 23.1 Å². The highest BCUT2D eigenvalue weighted by molar-refractivity contribution is 7.98. The van der Waals surface area contributed by atoms with E-state index in [0.717, 1.165) is 32.7 Å². The second kappa shape index (κ2) is 8.12. The largest absolute Gasteiger partial charge is 0.343 e. The zero-order valence-corrected chi connectivity index (χ0v) is 17.4. The molecular formula is C22H21N3OS2. The van der Waals surface area contributed by atoms with Crippen LogP contribution < -0.4 is 10.6 Å². The minimum atomic E-state index is -0.205. The maximum Gasteiger partial charge on any atom is 0.319 e. The summed E-state index contributed by atoms with van der Waals surface area (Å²) in [6, 6.07) is 20.1. The zero-order valence-electron chi connectivity index (χ0n) is 15.7. The standard InChI is InChI=1S/C22H21N3OS2/c1-25-19-10-4-3-9-17(19)18(21(25)20-11-6-12-28-20)14-23-22(26)24-15-7-5-8-16(13-15)27-2/h3-13H,14H2,1-2H3,(H2,23,24,26). The van der Waals surface area contributed by atoms with Crippen molar-refractivity contribution >= 4 is 45.7 Å². The van der Waals surface area contributed by atoms with Crippen LogP contribution in [0.4, 0.5) is 10.5 Å². The van der Waals surface area contributed by atoms with E-state index in [0.29, 0.717) is 6.54 Å². The third kappa shape index (κ3) is 3.66. The number of carbonyl (C=O) groups is 1. The Morgan fingerprint density at radius 3 is 2.75 bits per heavy atom. The summed E-state index contributed by atoms with van der Waals surface area (Å²) in [5.74, 6) is 0. The maximum atomic E-state index is 12.5. The van der Waals surface area contributed by atoms with Crippen molar-refractivity contribution in [2.24, 2.45) is 7.05 Å². The molecule has 0 aliphatic heterocycles. The van der Waals surface area contributed by atoms with Gasteiger partial charge in [0.25, 0.3) is 0 Å². The monoisotopic (exact) mass is 407 g/mol. The number of urea groups is 1. The Bertz CT molecular complexity index is 1120. The lowest BCUT2D eigenvalue weighted by molar-refractivity contribution is 0.252. The van der Waals surface area contributed by atoms with E-state index in [9.17, 15) is 4.79 Å². The van der Waals surface area contributed by atoms with E-state index in [2.05, 4.69) is 51.9 Å². The molecule has 2 aromatic heterocycles. The molecule has 4 nitrogen and oxygen atoms in total. The molecular weight excluding hydrogens is 386 g/mol. The lowest BCUT2D eigenvalue weighted by Gasteiger charge is -2.10. The van der Waals surface area contributed by atoms with Gasteiger partial charge in [-0.25, -0.2) is 4.79 Å². The summed E-state index contributed by atoms with van der Waals surface area (Å²) >= 11 is 3.36. The predicted molar refractivity (Wildman–Crippen MR) is 120 cm³/mol. The summed E-state index contributed by atoms with van der Waals surface area (Å²) in [6.45, 7) is 0.461. The quantitative estimate of drug-likeness (QED) is 0.402. The number of aromatic nitrogens is 1. The molecule has 6 heteroatoms. The summed E-state index contributed by atoms with van der Waals surface area (Å²) < 4.78 is 2.21. The van der Waals surface area contributed by atoms with E-state index < -0.39 is 0 Å². The van der Waals surface area contributed by atoms with Gasteiger partial charge in [-0.3, -0.25) is 0 Å². The summed E-state index contributed by atoms with van der Waals surface area (Å²) in [5.41, 5.74) is 4.24. The van der Waals surface area contributed by atoms with Crippen molar-refractivity contribution in [2.45, 2.75) is 11.4 Å². The van der Waals surface area contributed by atoms with Crippen molar-refractivity contribution in [2.75, 3.05) is 11.6 Å². The Balaban J connectivity index is 1.59. The van der Waals surface area contributed by atoms with Gasteiger partial charge in [-0.15, -0.1) is 23.1 Å². The number of thiophene rings is 1. The fourth-order valence-electron chi connectivity index (χ4n) is 3.42. The number of fused-ring (bicyclic) bond motifs is 1. The van der Waals surface area contributed by atoms with Crippen LogP contribution in [-0.2, 0) is 13.6 Å². The SMILES string of the molecule is CSc1cccc(NC(=O)NCc2c(-c3cccs3)n(C)c3ccccc23)c1. The van der Waals surface area contributed by atoms with E-state index in [1.807, 2.05) is 42.7 Å². The minimum Gasteiger partial charge on any atom is -0.343 e. The Morgan fingerprint density at radius 2 is 1.96 bits per heavy atom. The molecule has 0 aliphatic rings. The van der Waals surface area contributed by atoms with Crippen molar-refractivity contribution in [3.05, 3.63) is 71.6 Å².